The number of hydrazine groups is 1. The van der Waals surface area contributed by atoms with Gasteiger partial charge in [-0.05, 0) is 38.0 Å². The molecule has 5 N–H and O–H groups in total. The average molecular weight is 459 g/mol. The fraction of sp³-hybridized carbons (Fsp3) is 0.800. The van der Waals surface area contributed by atoms with Gasteiger partial charge < -0.3 is 20.7 Å². The SMILES string of the molecule is COC(=O)CCCCCCC(=O)N[C@@H](CCCNC(=N)N[N+](=O)[O-])C(=O)NCCC(C)C. The van der Waals surface area contributed by atoms with Crippen LogP contribution in [0.2, 0.25) is 0 Å². The van der Waals surface area contributed by atoms with Crippen LogP contribution < -0.4 is 21.4 Å². The van der Waals surface area contributed by atoms with Gasteiger partial charge in [-0.1, -0.05) is 32.1 Å². The first-order chi connectivity index (χ1) is 15.1. The summed E-state index contributed by atoms with van der Waals surface area (Å²) >= 11 is 0. The molecule has 12 nitrogen and oxygen atoms in total. The van der Waals surface area contributed by atoms with E-state index in [2.05, 4.69) is 34.5 Å². The third-order valence-corrected chi connectivity index (χ3v) is 4.61. The van der Waals surface area contributed by atoms with Crippen LogP contribution in [0.1, 0.15) is 71.6 Å². The van der Waals surface area contributed by atoms with Crippen LogP contribution in [0, 0.1) is 21.4 Å². The highest BCUT2D eigenvalue weighted by molar-refractivity contribution is 5.87. The Balaban J connectivity index is 4.41. The standard InChI is InChI=1S/C20H38N6O6/c1-15(2)12-14-22-19(29)16(9-8-13-23-20(21)25-26(30)31)24-17(27)10-6-4-5-7-11-18(28)32-3/h15-16H,4-14H2,1-3H3,(H,22,29)(H,24,27)(H3,21,23,25)/t16-/m0/s1. The summed E-state index contributed by atoms with van der Waals surface area (Å²) in [5, 5.41) is 24.9. The van der Waals surface area contributed by atoms with Crippen LogP contribution in [0.25, 0.3) is 0 Å². The van der Waals surface area contributed by atoms with E-state index in [1.807, 2.05) is 0 Å². The zero-order valence-electron chi connectivity index (χ0n) is 19.3. The molecule has 0 aliphatic rings. The van der Waals surface area contributed by atoms with Crippen LogP contribution in [0.5, 0.6) is 0 Å². The number of esters is 1. The van der Waals surface area contributed by atoms with Crippen molar-refractivity contribution in [1.29, 1.82) is 5.41 Å². The molecule has 0 bridgehead atoms. The Morgan fingerprint density at radius 1 is 0.969 bits per heavy atom. The summed E-state index contributed by atoms with van der Waals surface area (Å²) < 4.78 is 4.58. The molecule has 0 heterocycles. The summed E-state index contributed by atoms with van der Waals surface area (Å²) in [5.74, 6) is -0.739. The number of hydrogen-bond donors (Lipinski definition) is 5. The van der Waals surface area contributed by atoms with Crippen molar-refractivity contribution in [3.05, 3.63) is 10.1 Å². The first-order valence-corrected chi connectivity index (χ1v) is 11.0. The largest absolute Gasteiger partial charge is 0.469 e. The lowest BCUT2D eigenvalue weighted by Crippen LogP contribution is -2.47. The Bertz CT molecular complexity index is 613. The zero-order chi connectivity index (χ0) is 24.4. The molecule has 1 atom stereocenters. The molecule has 2 amide bonds. The normalized spacial score (nSPS) is 11.4. The van der Waals surface area contributed by atoms with Gasteiger partial charge in [0.05, 0.1) is 7.11 Å². The van der Waals surface area contributed by atoms with Gasteiger partial charge in [0.15, 0.2) is 5.03 Å². The van der Waals surface area contributed by atoms with Crippen LogP contribution in [0.15, 0.2) is 0 Å². The second-order valence-corrected chi connectivity index (χ2v) is 7.90. The predicted molar refractivity (Wildman–Crippen MR) is 119 cm³/mol. The van der Waals surface area contributed by atoms with Gasteiger partial charge in [-0.3, -0.25) is 19.8 Å². The van der Waals surface area contributed by atoms with E-state index in [-0.39, 0.29) is 30.7 Å². The van der Waals surface area contributed by atoms with Crippen LogP contribution in [0.3, 0.4) is 0 Å². The van der Waals surface area contributed by atoms with E-state index in [0.29, 0.717) is 44.6 Å². The third kappa shape index (κ3) is 16.8. The number of nitro groups is 1. The molecule has 0 radical (unpaired) electrons. The van der Waals surface area contributed by atoms with Crippen molar-refractivity contribution >= 4 is 23.7 Å². The Kier molecular flexibility index (Phi) is 16.1. The maximum absolute atomic E-state index is 12.5. The van der Waals surface area contributed by atoms with E-state index in [1.54, 1.807) is 5.43 Å². The minimum atomic E-state index is -0.837. The lowest BCUT2D eigenvalue weighted by atomic mass is 10.1. The van der Waals surface area contributed by atoms with E-state index >= 15 is 0 Å². The fourth-order valence-corrected chi connectivity index (χ4v) is 2.80. The van der Waals surface area contributed by atoms with Gasteiger partial charge in [-0.25, -0.2) is 10.1 Å². The molecule has 184 valence electrons. The first-order valence-electron chi connectivity index (χ1n) is 11.0. The van der Waals surface area contributed by atoms with Crippen molar-refractivity contribution in [1.82, 2.24) is 21.4 Å². The number of guanidine groups is 1. The number of nitrogens with zero attached hydrogens (tertiary/aromatic N) is 1. The van der Waals surface area contributed by atoms with Gasteiger partial charge in [-0.15, -0.1) is 0 Å². The molecule has 0 spiro atoms. The summed E-state index contributed by atoms with van der Waals surface area (Å²) in [7, 11) is 1.35. The average Bonchev–Trinajstić information content (AvgIpc) is 2.71. The third-order valence-electron chi connectivity index (χ3n) is 4.61. The fourth-order valence-electron chi connectivity index (χ4n) is 2.80. The molecule has 32 heavy (non-hydrogen) atoms. The number of rotatable bonds is 17. The summed E-state index contributed by atoms with van der Waals surface area (Å²) in [4.78, 5) is 46.2. The molecular weight excluding hydrogens is 420 g/mol. The molecule has 0 aliphatic heterocycles. The van der Waals surface area contributed by atoms with Crippen LogP contribution in [0.4, 0.5) is 0 Å². The van der Waals surface area contributed by atoms with E-state index in [4.69, 9.17) is 5.41 Å². The molecule has 0 rings (SSSR count). The number of methoxy groups -OCH3 is 1. The van der Waals surface area contributed by atoms with Gasteiger partial charge in [0.25, 0.3) is 5.96 Å². The maximum atomic E-state index is 12.5. The molecule has 0 saturated heterocycles. The molecular formula is C20H38N6O6. The van der Waals surface area contributed by atoms with E-state index < -0.39 is 17.0 Å². The Labute approximate surface area is 189 Å². The van der Waals surface area contributed by atoms with Crippen LogP contribution >= 0.6 is 0 Å². The van der Waals surface area contributed by atoms with Crippen LogP contribution in [-0.2, 0) is 19.1 Å². The summed E-state index contributed by atoms with van der Waals surface area (Å²) in [5.41, 5.74) is 1.69. The highest BCUT2D eigenvalue weighted by Crippen LogP contribution is 2.07. The smallest absolute Gasteiger partial charge is 0.305 e. The minimum Gasteiger partial charge on any atom is -0.469 e. The van der Waals surface area contributed by atoms with Crippen molar-refractivity contribution < 1.29 is 24.2 Å². The molecule has 0 aromatic heterocycles. The number of ether oxygens (including phenoxy) is 1. The molecule has 0 aromatic carbocycles. The second-order valence-electron chi connectivity index (χ2n) is 7.90. The van der Waals surface area contributed by atoms with Gasteiger partial charge >= 0.3 is 5.97 Å². The Morgan fingerprint density at radius 3 is 2.22 bits per heavy atom. The Morgan fingerprint density at radius 2 is 1.62 bits per heavy atom. The number of nitrogens with one attached hydrogen (secondary N) is 5. The molecule has 0 aliphatic carbocycles. The summed E-state index contributed by atoms with van der Waals surface area (Å²) in [6.07, 6.45) is 5.21. The maximum Gasteiger partial charge on any atom is 0.305 e. The van der Waals surface area contributed by atoms with E-state index in [0.717, 1.165) is 19.3 Å². The highest BCUT2D eigenvalue weighted by Gasteiger charge is 2.20. The lowest BCUT2D eigenvalue weighted by molar-refractivity contribution is -0.525. The van der Waals surface area contributed by atoms with Crippen molar-refractivity contribution in [2.75, 3.05) is 20.2 Å². The van der Waals surface area contributed by atoms with Crippen molar-refractivity contribution in [3.8, 4) is 0 Å². The number of hydrogen-bond acceptors (Lipinski definition) is 7. The number of unbranched alkanes of at least 4 members (excludes halogenated alkanes) is 3. The van der Waals surface area contributed by atoms with Crippen molar-refractivity contribution in [3.63, 3.8) is 0 Å². The minimum absolute atomic E-state index is 0.224. The monoisotopic (exact) mass is 458 g/mol. The highest BCUT2D eigenvalue weighted by atomic mass is 16.7. The number of carbonyl (C=O) groups is 3. The van der Waals surface area contributed by atoms with Gasteiger partial charge in [0.1, 0.15) is 6.04 Å². The quantitative estimate of drug-likeness (QED) is 0.0540. The molecule has 12 heteroatoms. The van der Waals surface area contributed by atoms with E-state index in [1.165, 1.54) is 7.11 Å². The summed E-state index contributed by atoms with van der Waals surface area (Å²) in [6.45, 7) is 4.86. The molecule has 0 fully saturated rings. The van der Waals surface area contributed by atoms with Crippen LogP contribution in [-0.4, -0.2) is 55.0 Å². The number of carbonyl (C=O) groups excluding carboxylic acids is 3. The molecule has 0 aromatic rings. The first kappa shape index (κ1) is 29.1. The number of amides is 2. The van der Waals surface area contributed by atoms with Crippen molar-refractivity contribution in [2.24, 2.45) is 5.92 Å². The summed E-state index contributed by atoms with van der Waals surface area (Å²) in [6, 6.07) is -0.714. The van der Waals surface area contributed by atoms with Gasteiger partial charge in [0.2, 0.25) is 11.8 Å². The predicted octanol–water partition coefficient (Wildman–Crippen LogP) is 1.23. The van der Waals surface area contributed by atoms with Crippen molar-refractivity contribution in [2.45, 2.75) is 77.7 Å². The second kappa shape index (κ2) is 17.7. The molecule has 0 saturated carbocycles. The van der Waals surface area contributed by atoms with Gasteiger partial charge in [-0.2, -0.15) is 0 Å². The van der Waals surface area contributed by atoms with Gasteiger partial charge in [0, 0.05) is 25.9 Å². The van der Waals surface area contributed by atoms with E-state index in [9.17, 15) is 24.5 Å². The lowest BCUT2D eigenvalue weighted by Gasteiger charge is -2.19. The Hall–Kier alpha value is -2.92. The molecule has 0 unspecified atom stereocenters. The topological polar surface area (TPSA) is 176 Å². The zero-order valence-corrected chi connectivity index (χ0v) is 19.3.